The number of thioether (sulfide) groups is 4. The number of hydrogen-bond acceptors (Lipinski definition) is 12. The van der Waals surface area contributed by atoms with Gasteiger partial charge in [-0.2, -0.15) is 0 Å². The lowest BCUT2D eigenvalue weighted by molar-refractivity contribution is 0.00423. The Labute approximate surface area is 243 Å². The fraction of sp³-hybridized carbons (Fsp3) is 0.615. The molecule has 0 amide bonds. The smallest absolute Gasteiger partial charge is 0.107 e. The van der Waals surface area contributed by atoms with Crippen LogP contribution in [0.2, 0.25) is 0 Å². The van der Waals surface area contributed by atoms with E-state index in [9.17, 15) is 0 Å². The molecule has 38 heavy (non-hydrogen) atoms. The topological polar surface area (TPSA) is 73.8 Å². The largest absolute Gasteiger partial charge is 0.377 e. The molecule has 2 aliphatic heterocycles. The van der Waals surface area contributed by atoms with Crippen molar-refractivity contribution in [1.29, 1.82) is 0 Å². The maximum Gasteiger partial charge on any atom is 0.107 e. The molecule has 0 radical (unpaired) electrons. The highest BCUT2D eigenvalue weighted by molar-refractivity contribution is 8.33. The van der Waals surface area contributed by atoms with Gasteiger partial charge in [0.2, 0.25) is 0 Å². The van der Waals surface area contributed by atoms with Crippen molar-refractivity contribution in [2.75, 3.05) is 106 Å². The molecule has 0 aromatic carbocycles. The van der Waals surface area contributed by atoms with Gasteiger partial charge < -0.3 is 37.9 Å². The van der Waals surface area contributed by atoms with Gasteiger partial charge >= 0.3 is 0 Å². The summed E-state index contributed by atoms with van der Waals surface area (Å²) in [6.45, 7) is 8.11. The summed E-state index contributed by atoms with van der Waals surface area (Å²) in [7, 11) is 0. The number of rotatable bonds is 24. The quantitative estimate of drug-likeness (QED) is 0.117. The lowest BCUT2D eigenvalue weighted by Gasteiger charge is -2.08. The molecule has 12 heteroatoms. The Balaban J connectivity index is 1.39. The van der Waals surface area contributed by atoms with E-state index in [1.54, 1.807) is 47.0 Å². The molecule has 0 spiro atoms. The predicted octanol–water partition coefficient (Wildman–Crippen LogP) is 4.16. The lowest BCUT2D eigenvalue weighted by Crippen LogP contribution is -2.12. The molecule has 0 bridgehead atoms. The van der Waals surface area contributed by atoms with E-state index in [4.69, 9.17) is 50.7 Å². The van der Waals surface area contributed by atoms with Crippen molar-refractivity contribution < 1.29 is 37.9 Å². The highest BCUT2D eigenvalue weighted by atomic mass is 32.2. The first-order chi connectivity index (χ1) is 18.8. The standard InChI is InChI=1S/C26H36O8S4/c1-3-5-27-7-9-29-11-13-31-15-17-33-19-23-21-35-25(37-23)26-36-22-24(38-26)20-34-18-16-32-14-12-30-10-8-28-6-4-2/h1-2,21-22H,5-20H2/b26-25+. The first kappa shape index (κ1) is 33.6. The molecule has 0 aliphatic carbocycles. The number of hydrogen-bond donors (Lipinski definition) is 0. The monoisotopic (exact) mass is 604 g/mol. The van der Waals surface area contributed by atoms with Gasteiger partial charge in [0.25, 0.3) is 0 Å². The van der Waals surface area contributed by atoms with E-state index < -0.39 is 0 Å². The minimum absolute atomic E-state index is 0.314. The summed E-state index contributed by atoms with van der Waals surface area (Å²) >= 11 is 7.03. The molecule has 2 rings (SSSR count). The zero-order valence-corrected chi connectivity index (χ0v) is 24.8. The molecule has 0 N–H and O–H groups in total. The lowest BCUT2D eigenvalue weighted by atomic mass is 10.6. The van der Waals surface area contributed by atoms with E-state index >= 15 is 0 Å². The van der Waals surface area contributed by atoms with Gasteiger partial charge in [0.15, 0.2) is 0 Å². The van der Waals surface area contributed by atoms with Crippen LogP contribution in [-0.2, 0) is 37.9 Å². The van der Waals surface area contributed by atoms with E-state index in [-0.39, 0.29) is 0 Å². The maximum atomic E-state index is 5.74. The van der Waals surface area contributed by atoms with Crippen LogP contribution in [0, 0.1) is 24.7 Å². The highest BCUT2D eigenvalue weighted by Crippen LogP contribution is 2.55. The Hall–Kier alpha value is -0.580. The SMILES string of the molecule is C#CCOCCOCCOCCOCC1=CS/C(=C2/SC=C(COCCOCCOCCOCC#C)S2)S1. The molecule has 0 aromatic heterocycles. The summed E-state index contributed by atoms with van der Waals surface area (Å²) in [4.78, 5) is 2.42. The number of terminal acetylenes is 2. The van der Waals surface area contributed by atoms with Gasteiger partial charge in [0.05, 0.1) is 101 Å². The van der Waals surface area contributed by atoms with Crippen molar-refractivity contribution in [3.05, 3.63) is 29.1 Å². The molecular formula is C26H36O8S4. The van der Waals surface area contributed by atoms with E-state index in [1.807, 2.05) is 0 Å². The molecule has 0 unspecified atom stereocenters. The van der Waals surface area contributed by atoms with E-state index in [0.29, 0.717) is 106 Å². The first-order valence-corrected chi connectivity index (χ1v) is 15.5. The molecule has 0 fully saturated rings. The molecule has 0 atom stereocenters. The van der Waals surface area contributed by atoms with Gasteiger partial charge in [0.1, 0.15) is 13.2 Å². The average Bonchev–Trinajstić information content (AvgIpc) is 3.60. The van der Waals surface area contributed by atoms with Crippen LogP contribution in [0.1, 0.15) is 0 Å². The van der Waals surface area contributed by atoms with Crippen molar-refractivity contribution in [1.82, 2.24) is 0 Å². The Bertz CT molecular complexity index is 753. The minimum Gasteiger partial charge on any atom is -0.377 e. The van der Waals surface area contributed by atoms with Crippen LogP contribution >= 0.6 is 47.0 Å². The van der Waals surface area contributed by atoms with Gasteiger partial charge in [-0.05, 0) is 10.8 Å². The summed E-state index contributed by atoms with van der Waals surface area (Å²) < 4.78 is 46.1. The Kier molecular flexibility index (Phi) is 21.4. The van der Waals surface area contributed by atoms with Crippen LogP contribution in [-0.4, -0.2) is 106 Å². The first-order valence-electron chi connectivity index (χ1n) is 12.1. The van der Waals surface area contributed by atoms with E-state index in [2.05, 4.69) is 22.7 Å². The zero-order valence-electron chi connectivity index (χ0n) is 21.5. The third kappa shape index (κ3) is 17.2. The summed E-state index contributed by atoms with van der Waals surface area (Å²) in [6, 6.07) is 0. The summed E-state index contributed by atoms with van der Waals surface area (Å²) in [6.07, 6.45) is 10.2. The van der Waals surface area contributed by atoms with Crippen LogP contribution in [0.3, 0.4) is 0 Å². The van der Waals surface area contributed by atoms with Gasteiger partial charge in [-0.25, -0.2) is 0 Å². The van der Waals surface area contributed by atoms with Gasteiger partial charge in [-0.1, -0.05) is 58.9 Å². The molecular weight excluding hydrogens is 569 g/mol. The molecule has 2 heterocycles. The van der Waals surface area contributed by atoms with Crippen molar-refractivity contribution in [2.24, 2.45) is 0 Å². The summed E-state index contributed by atoms with van der Waals surface area (Å²) in [5, 5.41) is 4.32. The minimum atomic E-state index is 0.314. The Morgan fingerprint density at radius 3 is 1.13 bits per heavy atom. The Morgan fingerprint density at radius 1 is 0.474 bits per heavy atom. The molecule has 0 saturated heterocycles. The van der Waals surface area contributed by atoms with Crippen LogP contribution in [0.25, 0.3) is 0 Å². The third-order valence-electron chi connectivity index (χ3n) is 4.30. The van der Waals surface area contributed by atoms with Crippen molar-refractivity contribution in [3.63, 3.8) is 0 Å². The normalized spacial score (nSPS) is 16.9. The van der Waals surface area contributed by atoms with Gasteiger partial charge in [-0.3, -0.25) is 0 Å². The second-order valence-electron chi connectivity index (χ2n) is 7.25. The van der Waals surface area contributed by atoms with E-state index in [1.165, 1.54) is 18.3 Å². The molecule has 212 valence electrons. The summed E-state index contributed by atoms with van der Waals surface area (Å²) in [5.41, 5.74) is 0. The molecule has 0 aromatic rings. The predicted molar refractivity (Wildman–Crippen MR) is 158 cm³/mol. The van der Waals surface area contributed by atoms with Gasteiger partial charge in [0, 0.05) is 9.81 Å². The summed E-state index contributed by atoms with van der Waals surface area (Å²) in [5.74, 6) is 4.82. The fourth-order valence-corrected chi connectivity index (χ4v) is 7.40. The van der Waals surface area contributed by atoms with Crippen molar-refractivity contribution in [2.45, 2.75) is 0 Å². The van der Waals surface area contributed by atoms with Gasteiger partial charge in [-0.15, -0.1) is 12.8 Å². The number of ether oxygens (including phenoxy) is 8. The van der Waals surface area contributed by atoms with Crippen LogP contribution in [0.5, 0.6) is 0 Å². The van der Waals surface area contributed by atoms with Crippen LogP contribution < -0.4 is 0 Å². The maximum absolute atomic E-state index is 5.74. The molecule has 0 saturated carbocycles. The van der Waals surface area contributed by atoms with Crippen LogP contribution in [0.15, 0.2) is 29.1 Å². The third-order valence-corrected chi connectivity index (χ3v) is 9.61. The Morgan fingerprint density at radius 2 is 0.789 bits per heavy atom. The zero-order chi connectivity index (χ0) is 26.9. The van der Waals surface area contributed by atoms with Crippen LogP contribution in [0.4, 0.5) is 0 Å². The highest BCUT2D eigenvalue weighted by Gasteiger charge is 2.22. The second kappa shape index (κ2) is 24.2. The van der Waals surface area contributed by atoms with E-state index in [0.717, 1.165) is 0 Å². The average molecular weight is 605 g/mol. The second-order valence-corrected chi connectivity index (χ2v) is 11.8. The fourth-order valence-electron chi connectivity index (χ4n) is 2.60. The molecule has 8 nitrogen and oxygen atoms in total. The molecule has 2 aliphatic rings. The van der Waals surface area contributed by atoms with Crippen molar-refractivity contribution >= 4 is 47.0 Å². The van der Waals surface area contributed by atoms with Crippen molar-refractivity contribution in [3.8, 4) is 24.7 Å².